The van der Waals surface area contributed by atoms with Crippen LogP contribution in [0.2, 0.25) is 0 Å². The van der Waals surface area contributed by atoms with Crippen molar-refractivity contribution in [2.75, 3.05) is 0 Å². The molecule has 0 saturated carbocycles. The Kier molecular flexibility index (Phi) is 12.5. The predicted molar refractivity (Wildman–Crippen MR) is 108 cm³/mol. The smallest absolute Gasteiger partial charge is 0.372 e. The third-order valence-electron chi connectivity index (χ3n) is 4.03. The van der Waals surface area contributed by atoms with Crippen molar-refractivity contribution in [3.8, 4) is 0 Å². The summed E-state index contributed by atoms with van der Waals surface area (Å²) in [6, 6.07) is 0. The van der Waals surface area contributed by atoms with Gasteiger partial charge in [0.25, 0.3) is 0 Å². The maximum absolute atomic E-state index is 12.9. The van der Waals surface area contributed by atoms with Crippen molar-refractivity contribution >= 4 is 69.6 Å². The van der Waals surface area contributed by atoms with E-state index in [-0.39, 0.29) is 12.8 Å². The molecule has 0 fully saturated rings. The van der Waals surface area contributed by atoms with Crippen molar-refractivity contribution in [2.45, 2.75) is 96.4 Å². The summed E-state index contributed by atoms with van der Waals surface area (Å²) >= 11 is 33.7. The summed E-state index contributed by atoms with van der Waals surface area (Å²) in [4.78, 5) is 0. The summed E-state index contributed by atoms with van der Waals surface area (Å²) in [7, 11) is 0. The highest BCUT2D eigenvalue weighted by atomic mass is 35.5. The van der Waals surface area contributed by atoms with Gasteiger partial charge in [-0.1, -0.05) is 73.1 Å². The number of hydrogen-bond acceptors (Lipinski definition) is 1. The van der Waals surface area contributed by atoms with Crippen LogP contribution in [-0.2, 0) is 4.74 Å². The van der Waals surface area contributed by atoms with Crippen molar-refractivity contribution in [3.05, 3.63) is 0 Å². The Morgan fingerprint density at radius 3 is 1.14 bits per heavy atom. The molecule has 0 aromatic heterocycles. The standard InChI is InChI=1S/C16H22Cl6F6O/c1-3-5-11(9(17)7-13(19,20)15(23,24)25)29-12(6-4-2)10(18)8-14(21,22)16(26,27)28/h9-12H,3-8H2,1-2H3. The molecule has 0 N–H and O–H groups in total. The summed E-state index contributed by atoms with van der Waals surface area (Å²) in [6.45, 7) is 3.47. The van der Waals surface area contributed by atoms with Gasteiger partial charge >= 0.3 is 12.4 Å². The van der Waals surface area contributed by atoms with E-state index >= 15 is 0 Å². The number of rotatable bonds is 12. The van der Waals surface area contributed by atoms with Gasteiger partial charge in [-0.05, 0) is 12.8 Å². The molecule has 0 aliphatic carbocycles. The molecule has 0 spiro atoms. The van der Waals surface area contributed by atoms with E-state index < -0.39 is 56.8 Å². The molecule has 0 heterocycles. The molecule has 29 heavy (non-hydrogen) atoms. The van der Waals surface area contributed by atoms with Crippen molar-refractivity contribution in [3.63, 3.8) is 0 Å². The van der Waals surface area contributed by atoms with Crippen LogP contribution in [-0.4, -0.2) is 44.0 Å². The van der Waals surface area contributed by atoms with Crippen LogP contribution in [0.1, 0.15) is 52.4 Å². The van der Waals surface area contributed by atoms with Gasteiger partial charge in [0.05, 0.1) is 23.0 Å². The van der Waals surface area contributed by atoms with Gasteiger partial charge in [-0.2, -0.15) is 26.3 Å². The van der Waals surface area contributed by atoms with E-state index in [0.717, 1.165) is 0 Å². The van der Waals surface area contributed by atoms with Crippen molar-refractivity contribution in [1.82, 2.24) is 0 Å². The van der Waals surface area contributed by atoms with Crippen LogP contribution in [0.5, 0.6) is 0 Å². The first-order chi connectivity index (χ1) is 12.9. The van der Waals surface area contributed by atoms with E-state index in [9.17, 15) is 26.3 Å². The average Bonchev–Trinajstić information content (AvgIpc) is 2.50. The first kappa shape index (κ1) is 30.3. The summed E-state index contributed by atoms with van der Waals surface area (Å²) in [5.74, 6) is 0. The van der Waals surface area contributed by atoms with Gasteiger partial charge in [-0.15, -0.1) is 23.2 Å². The fraction of sp³-hybridized carbons (Fsp3) is 1.00. The minimum absolute atomic E-state index is 0.214. The number of alkyl halides is 12. The number of hydrogen-bond donors (Lipinski definition) is 0. The molecule has 0 amide bonds. The van der Waals surface area contributed by atoms with Gasteiger partial charge in [-0.3, -0.25) is 0 Å². The third kappa shape index (κ3) is 9.75. The Bertz CT molecular complexity index is 444. The van der Waals surface area contributed by atoms with Crippen molar-refractivity contribution in [1.29, 1.82) is 0 Å². The largest absolute Gasteiger partial charge is 0.421 e. The van der Waals surface area contributed by atoms with Gasteiger partial charge in [0.15, 0.2) is 0 Å². The second-order valence-electron chi connectivity index (χ2n) is 6.63. The van der Waals surface area contributed by atoms with Gasteiger partial charge < -0.3 is 4.74 Å². The summed E-state index contributed by atoms with van der Waals surface area (Å²) in [5.41, 5.74) is 0. The van der Waals surface area contributed by atoms with Crippen LogP contribution in [0, 0.1) is 0 Å². The van der Waals surface area contributed by atoms with E-state index in [1.165, 1.54) is 0 Å². The first-order valence-corrected chi connectivity index (χ1v) is 11.1. The summed E-state index contributed by atoms with van der Waals surface area (Å²) < 4.78 is 77.1. The predicted octanol–water partition coefficient (Wildman–Crippen LogP) is 8.81. The maximum atomic E-state index is 12.9. The summed E-state index contributed by atoms with van der Waals surface area (Å²) in [6.07, 6.45) is -12.2. The van der Waals surface area contributed by atoms with Gasteiger partial charge in [-0.25, -0.2) is 0 Å². The Hall–Kier alpha value is 1.28. The van der Waals surface area contributed by atoms with Gasteiger partial charge in [0.2, 0.25) is 8.67 Å². The highest BCUT2D eigenvalue weighted by Gasteiger charge is 2.55. The molecule has 0 saturated heterocycles. The molecule has 0 bridgehead atoms. The second-order valence-corrected chi connectivity index (χ2v) is 10.7. The Balaban J connectivity index is 5.40. The van der Waals surface area contributed by atoms with Crippen molar-refractivity contribution < 1.29 is 31.1 Å². The van der Waals surface area contributed by atoms with Crippen LogP contribution in [0.15, 0.2) is 0 Å². The normalized spacial score (nSPS) is 18.4. The van der Waals surface area contributed by atoms with E-state index in [2.05, 4.69) is 0 Å². The monoisotopic (exact) mass is 554 g/mol. The molecule has 0 radical (unpaired) electrons. The van der Waals surface area contributed by atoms with Gasteiger partial charge in [0.1, 0.15) is 0 Å². The van der Waals surface area contributed by atoms with Crippen LogP contribution in [0.25, 0.3) is 0 Å². The molecule has 0 rings (SSSR count). The fourth-order valence-corrected chi connectivity index (χ4v) is 4.26. The molecule has 4 atom stereocenters. The van der Waals surface area contributed by atoms with Crippen LogP contribution >= 0.6 is 69.6 Å². The van der Waals surface area contributed by atoms with Crippen molar-refractivity contribution in [2.24, 2.45) is 0 Å². The van der Waals surface area contributed by atoms with Gasteiger partial charge in [0, 0.05) is 12.8 Å². The molecule has 0 aromatic rings. The topological polar surface area (TPSA) is 9.23 Å². The minimum Gasteiger partial charge on any atom is -0.372 e. The lowest BCUT2D eigenvalue weighted by atomic mass is 10.0. The zero-order valence-corrected chi connectivity index (χ0v) is 20.0. The number of ether oxygens (including phenoxy) is 1. The highest BCUT2D eigenvalue weighted by Crippen LogP contribution is 2.46. The molecular weight excluding hydrogens is 535 g/mol. The lowest BCUT2D eigenvalue weighted by Crippen LogP contribution is -2.43. The molecule has 0 aliphatic rings. The zero-order valence-electron chi connectivity index (χ0n) is 15.5. The quantitative estimate of drug-likeness (QED) is 0.172. The average molecular weight is 557 g/mol. The number of halogens is 12. The molecule has 0 aromatic carbocycles. The van der Waals surface area contributed by atoms with E-state index in [1.807, 2.05) is 0 Å². The second kappa shape index (κ2) is 11.9. The Morgan fingerprint density at radius 1 is 0.655 bits per heavy atom. The fourth-order valence-electron chi connectivity index (χ4n) is 2.45. The molecular formula is C16H22Cl6F6O. The lowest BCUT2D eigenvalue weighted by molar-refractivity contribution is -0.146. The van der Waals surface area contributed by atoms with E-state index in [1.54, 1.807) is 13.8 Å². The lowest BCUT2D eigenvalue weighted by Gasteiger charge is -2.34. The highest BCUT2D eigenvalue weighted by molar-refractivity contribution is 6.49. The van der Waals surface area contributed by atoms with E-state index in [4.69, 9.17) is 74.3 Å². The van der Waals surface area contributed by atoms with Crippen LogP contribution in [0.4, 0.5) is 26.3 Å². The third-order valence-corrected chi connectivity index (χ3v) is 6.38. The first-order valence-electron chi connectivity index (χ1n) is 8.72. The maximum Gasteiger partial charge on any atom is 0.421 e. The van der Waals surface area contributed by atoms with Crippen LogP contribution in [0.3, 0.4) is 0 Å². The summed E-state index contributed by atoms with van der Waals surface area (Å²) in [5, 5.41) is -2.54. The SMILES string of the molecule is CCCC(OC(CCC)C(Cl)CC(Cl)(Cl)C(F)(F)F)C(Cl)CC(Cl)(Cl)C(F)(F)F. The molecule has 0 aliphatic heterocycles. The Morgan fingerprint density at radius 2 is 0.931 bits per heavy atom. The molecule has 13 heteroatoms. The minimum atomic E-state index is -4.93. The molecule has 4 unspecified atom stereocenters. The van der Waals surface area contributed by atoms with E-state index in [0.29, 0.717) is 12.8 Å². The molecule has 1 nitrogen and oxygen atoms in total. The Labute approximate surface area is 196 Å². The zero-order chi connectivity index (χ0) is 23.3. The molecule has 176 valence electrons. The van der Waals surface area contributed by atoms with Crippen LogP contribution < -0.4 is 0 Å².